The SMILES string of the molecule is CCn1c(Nc2ccccc2Cl)nc2cnc(Oc3c(F)cc(C(N)=O)cc3F)nc21. The predicted molar refractivity (Wildman–Crippen MR) is 111 cm³/mol. The molecule has 31 heavy (non-hydrogen) atoms. The number of ether oxygens (including phenoxy) is 1. The molecule has 0 aliphatic rings. The van der Waals surface area contributed by atoms with Gasteiger partial charge in [0.25, 0.3) is 0 Å². The highest BCUT2D eigenvalue weighted by Gasteiger charge is 2.19. The monoisotopic (exact) mass is 444 g/mol. The minimum absolute atomic E-state index is 0.295. The molecule has 2 aromatic heterocycles. The number of aromatic nitrogens is 4. The number of hydrogen-bond donors (Lipinski definition) is 2. The topological polar surface area (TPSA) is 108 Å². The highest BCUT2D eigenvalue weighted by molar-refractivity contribution is 6.33. The summed E-state index contributed by atoms with van der Waals surface area (Å²) in [6, 6.07) is 8.42. The maximum Gasteiger partial charge on any atom is 0.324 e. The van der Waals surface area contributed by atoms with Crippen LogP contribution < -0.4 is 15.8 Å². The van der Waals surface area contributed by atoms with E-state index < -0.39 is 23.3 Å². The average Bonchev–Trinajstić information content (AvgIpc) is 3.08. The number of nitrogens with zero attached hydrogens (tertiary/aromatic N) is 4. The van der Waals surface area contributed by atoms with Gasteiger partial charge in [-0.25, -0.2) is 18.7 Å². The summed E-state index contributed by atoms with van der Waals surface area (Å²) in [6.45, 7) is 2.36. The van der Waals surface area contributed by atoms with E-state index in [1.807, 2.05) is 13.0 Å². The molecule has 0 saturated heterocycles. The zero-order valence-corrected chi connectivity index (χ0v) is 16.8. The molecule has 158 valence electrons. The van der Waals surface area contributed by atoms with Crippen molar-refractivity contribution in [2.45, 2.75) is 13.5 Å². The standard InChI is InChI=1S/C20H15ClF2N6O2/c1-2-29-18-15(27-19(29)26-14-6-4-3-5-11(14)21)9-25-20(28-18)31-16-12(22)7-10(17(24)30)8-13(16)23/h3-9H,2H2,1H3,(H2,24,30)(H,26,27). The van der Waals surface area contributed by atoms with Crippen LogP contribution >= 0.6 is 11.6 Å². The van der Waals surface area contributed by atoms with Gasteiger partial charge in [0.1, 0.15) is 5.52 Å². The zero-order chi connectivity index (χ0) is 22.1. The smallest absolute Gasteiger partial charge is 0.324 e. The van der Waals surface area contributed by atoms with Crippen molar-refractivity contribution < 1.29 is 18.3 Å². The molecule has 2 aromatic carbocycles. The van der Waals surface area contributed by atoms with Crippen molar-refractivity contribution in [2.24, 2.45) is 5.73 Å². The summed E-state index contributed by atoms with van der Waals surface area (Å²) < 4.78 is 35.4. The number of benzene rings is 2. The van der Waals surface area contributed by atoms with Crippen LogP contribution in [-0.2, 0) is 6.54 Å². The molecule has 0 saturated carbocycles. The first-order valence-corrected chi connectivity index (χ1v) is 9.46. The van der Waals surface area contributed by atoms with Crippen LogP contribution in [0.15, 0.2) is 42.6 Å². The Morgan fingerprint density at radius 2 is 1.94 bits per heavy atom. The van der Waals surface area contributed by atoms with Crippen molar-refractivity contribution >= 4 is 40.3 Å². The van der Waals surface area contributed by atoms with Gasteiger partial charge in [0.2, 0.25) is 17.6 Å². The summed E-state index contributed by atoms with van der Waals surface area (Å²) in [5.74, 6) is -3.47. The van der Waals surface area contributed by atoms with E-state index in [-0.39, 0.29) is 11.6 Å². The third-order valence-electron chi connectivity index (χ3n) is 4.38. The van der Waals surface area contributed by atoms with Crippen LogP contribution in [0.5, 0.6) is 11.8 Å². The van der Waals surface area contributed by atoms with Gasteiger partial charge in [-0.2, -0.15) is 4.98 Å². The van der Waals surface area contributed by atoms with Crippen LogP contribution in [0.4, 0.5) is 20.4 Å². The Balaban J connectivity index is 1.70. The Labute approximate surface area is 179 Å². The van der Waals surface area contributed by atoms with E-state index in [9.17, 15) is 13.6 Å². The van der Waals surface area contributed by atoms with Gasteiger partial charge in [-0.3, -0.25) is 9.36 Å². The van der Waals surface area contributed by atoms with Gasteiger partial charge in [-0.15, -0.1) is 0 Å². The highest BCUT2D eigenvalue weighted by Crippen LogP contribution is 2.30. The number of aryl methyl sites for hydroxylation is 1. The van der Waals surface area contributed by atoms with Crippen LogP contribution in [0.25, 0.3) is 11.2 Å². The molecular formula is C20H15ClF2N6O2. The van der Waals surface area contributed by atoms with E-state index in [1.165, 1.54) is 6.20 Å². The lowest BCUT2D eigenvalue weighted by Gasteiger charge is -2.10. The van der Waals surface area contributed by atoms with Crippen molar-refractivity contribution in [2.75, 3.05) is 5.32 Å². The molecule has 0 fully saturated rings. The van der Waals surface area contributed by atoms with Gasteiger partial charge in [0.15, 0.2) is 17.3 Å². The maximum atomic E-state index is 14.2. The number of fused-ring (bicyclic) bond motifs is 1. The fraction of sp³-hybridized carbons (Fsp3) is 0.100. The lowest BCUT2D eigenvalue weighted by molar-refractivity contribution is 0.0999. The second-order valence-corrected chi connectivity index (χ2v) is 6.79. The van der Waals surface area contributed by atoms with Gasteiger partial charge in [0.05, 0.1) is 16.9 Å². The molecule has 0 unspecified atom stereocenters. The number of rotatable bonds is 6. The molecule has 3 N–H and O–H groups in total. The summed E-state index contributed by atoms with van der Waals surface area (Å²) in [7, 11) is 0. The number of primary amides is 1. The summed E-state index contributed by atoms with van der Waals surface area (Å²) >= 11 is 6.20. The van der Waals surface area contributed by atoms with Gasteiger partial charge >= 0.3 is 6.01 Å². The third kappa shape index (κ3) is 3.97. The number of anilines is 2. The normalized spacial score (nSPS) is 11.0. The molecule has 0 radical (unpaired) electrons. The first-order chi connectivity index (χ1) is 14.9. The molecule has 8 nitrogen and oxygen atoms in total. The Morgan fingerprint density at radius 3 is 2.58 bits per heavy atom. The van der Waals surface area contributed by atoms with E-state index in [0.717, 1.165) is 12.1 Å². The molecule has 2 heterocycles. The first-order valence-electron chi connectivity index (χ1n) is 9.09. The molecule has 11 heteroatoms. The average molecular weight is 445 g/mol. The summed E-state index contributed by atoms with van der Waals surface area (Å²) in [5, 5.41) is 3.64. The lowest BCUT2D eigenvalue weighted by atomic mass is 10.2. The molecular weight excluding hydrogens is 430 g/mol. The van der Waals surface area contributed by atoms with E-state index in [4.69, 9.17) is 22.1 Å². The fourth-order valence-electron chi connectivity index (χ4n) is 2.92. The molecule has 0 spiro atoms. The van der Waals surface area contributed by atoms with Crippen molar-refractivity contribution in [1.29, 1.82) is 0 Å². The third-order valence-corrected chi connectivity index (χ3v) is 4.71. The van der Waals surface area contributed by atoms with Crippen molar-refractivity contribution in [3.63, 3.8) is 0 Å². The Bertz CT molecular complexity index is 1290. The second-order valence-electron chi connectivity index (χ2n) is 6.38. The van der Waals surface area contributed by atoms with E-state index in [2.05, 4.69) is 20.3 Å². The van der Waals surface area contributed by atoms with Gasteiger partial charge in [0, 0.05) is 12.1 Å². The largest absolute Gasteiger partial charge is 0.418 e. The predicted octanol–water partition coefficient (Wildman–Crippen LogP) is 4.41. The number of carbonyl (C=O) groups excluding carboxylic acids is 1. The number of para-hydroxylation sites is 1. The fourth-order valence-corrected chi connectivity index (χ4v) is 3.10. The summed E-state index contributed by atoms with van der Waals surface area (Å²) in [4.78, 5) is 23.8. The minimum atomic E-state index is -1.11. The van der Waals surface area contributed by atoms with Crippen LogP contribution in [0.2, 0.25) is 5.02 Å². The quantitative estimate of drug-likeness (QED) is 0.456. The Hall–Kier alpha value is -3.79. The zero-order valence-electron chi connectivity index (χ0n) is 16.1. The van der Waals surface area contributed by atoms with Crippen LogP contribution in [-0.4, -0.2) is 25.4 Å². The second kappa shape index (κ2) is 8.15. The summed E-state index contributed by atoms with van der Waals surface area (Å²) in [6.07, 6.45) is 1.37. The number of nitrogens with two attached hydrogens (primary N) is 1. The van der Waals surface area contributed by atoms with Gasteiger partial charge in [-0.1, -0.05) is 23.7 Å². The van der Waals surface area contributed by atoms with Crippen molar-refractivity contribution in [3.8, 4) is 11.8 Å². The van der Waals surface area contributed by atoms with Crippen molar-refractivity contribution in [1.82, 2.24) is 19.5 Å². The number of imidazole rings is 1. The van der Waals surface area contributed by atoms with Crippen LogP contribution in [0.1, 0.15) is 17.3 Å². The van der Waals surface area contributed by atoms with Crippen LogP contribution in [0.3, 0.4) is 0 Å². The lowest BCUT2D eigenvalue weighted by Crippen LogP contribution is -2.12. The first kappa shape index (κ1) is 20.5. The van der Waals surface area contributed by atoms with Crippen molar-refractivity contribution in [3.05, 3.63) is 64.8 Å². The molecule has 0 aliphatic heterocycles. The van der Waals surface area contributed by atoms with Gasteiger partial charge in [-0.05, 0) is 31.2 Å². The molecule has 4 rings (SSSR count). The minimum Gasteiger partial charge on any atom is -0.418 e. The van der Waals surface area contributed by atoms with Gasteiger partial charge < -0.3 is 15.8 Å². The Morgan fingerprint density at radius 1 is 1.23 bits per heavy atom. The maximum absolute atomic E-state index is 14.2. The van der Waals surface area contributed by atoms with E-state index in [1.54, 1.807) is 22.8 Å². The molecule has 0 aliphatic carbocycles. The number of hydrogen-bond acceptors (Lipinski definition) is 6. The molecule has 0 atom stereocenters. The Kier molecular flexibility index (Phi) is 5.38. The molecule has 1 amide bonds. The number of nitrogens with one attached hydrogen (secondary N) is 1. The highest BCUT2D eigenvalue weighted by atomic mass is 35.5. The molecule has 4 aromatic rings. The number of halogens is 3. The molecule has 0 bridgehead atoms. The van der Waals surface area contributed by atoms with E-state index >= 15 is 0 Å². The number of carbonyl (C=O) groups is 1. The van der Waals surface area contributed by atoms with Crippen LogP contribution in [0, 0.1) is 11.6 Å². The number of amides is 1. The van der Waals surface area contributed by atoms with E-state index in [0.29, 0.717) is 34.4 Å². The summed E-state index contributed by atoms with van der Waals surface area (Å²) in [5.41, 5.74) is 6.21.